The van der Waals surface area contributed by atoms with Crippen molar-refractivity contribution in [2.75, 3.05) is 0 Å². The molecule has 1 atom stereocenters. The number of nitriles is 1. The molecule has 0 fully saturated rings. The first-order chi connectivity index (χ1) is 6.95. The zero-order valence-electron chi connectivity index (χ0n) is 7.75. The summed E-state index contributed by atoms with van der Waals surface area (Å²) in [5.41, 5.74) is 5.53. The van der Waals surface area contributed by atoms with Gasteiger partial charge in [0.2, 0.25) is 0 Å². The third-order valence-corrected chi connectivity index (χ3v) is 2.00. The Kier molecular flexibility index (Phi) is 3.32. The molecule has 0 radical (unpaired) electrons. The van der Waals surface area contributed by atoms with Gasteiger partial charge in [-0.25, -0.2) is 0 Å². The molecule has 0 saturated heterocycles. The van der Waals surface area contributed by atoms with Crippen LogP contribution in [0.2, 0.25) is 0 Å². The summed E-state index contributed by atoms with van der Waals surface area (Å²) in [5.74, 6) is 0. The standard InChI is InChI=1S/C10H9F3N2/c11-10(12,13)9(15)5-7-3-1-2-4-8(7)6-14/h1-4,9H,5,15H2/t9-/m0/s1. The van der Waals surface area contributed by atoms with Crippen LogP contribution < -0.4 is 5.73 Å². The van der Waals surface area contributed by atoms with E-state index >= 15 is 0 Å². The van der Waals surface area contributed by atoms with E-state index in [0.717, 1.165) is 0 Å². The minimum Gasteiger partial charge on any atom is -0.320 e. The summed E-state index contributed by atoms with van der Waals surface area (Å²) >= 11 is 0. The van der Waals surface area contributed by atoms with Gasteiger partial charge in [0, 0.05) is 0 Å². The Morgan fingerprint density at radius 1 is 1.33 bits per heavy atom. The molecule has 0 spiro atoms. The molecule has 0 aliphatic carbocycles. The summed E-state index contributed by atoms with van der Waals surface area (Å²) in [5, 5.41) is 8.66. The smallest absolute Gasteiger partial charge is 0.320 e. The summed E-state index contributed by atoms with van der Waals surface area (Å²) in [6, 6.07) is 6.03. The van der Waals surface area contributed by atoms with Crippen LogP contribution in [0.15, 0.2) is 24.3 Å². The molecule has 80 valence electrons. The van der Waals surface area contributed by atoms with Gasteiger partial charge >= 0.3 is 6.18 Å². The number of nitrogens with zero attached hydrogens (tertiary/aromatic N) is 1. The van der Waals surface area contributed by atoms with E-state index in [-0.39, 0.29) is 12.0 Å². The fourth-order valence-electron chi connectivity index (χ4n) is 1.16. The Labute approximate surface area is 85.1 Å². The zero-order valence-corrected chi connectivity index (χ0v) is 7.75. The first-order valence-electron chi connectivity index (χ1n) is 4.25. The molecule has 5 heteroatoms. The topological polar surface area (TPSA) is 49.8 Å². The van der Waals surface area contributed by atoms with E-state index in [1.54, 1.807) is 12.1 Å². The second kappa shape index (κ2) is 4.32. The van der Waals surface area contributed by atoms with E-state index in [4.69, 9.17) is 11.0 Å². The van der Waals surface area contributed by atoms with Gasteiger partial charge in [-0.05, 0) is 18.1 Å². The zero-order chi connectivity index (χ0) is 11.5. The molecule has 1 aromatic carbocycles. The number of hydrogen-bond donors (Lipinski definition) is 1. The van der Waals surface area contributed by atoms with Crippen LogP contribution >= 0.6 is 0 Å². The fraction of sp³-hybridized carbons (Fsp3) is 0.300. The Bertz CT molecular complexity index is 379. The van der Waals surface area contributed by atoms with E-state index in [1.165, 1.54) is 12.1 Å². The molecular formula is C10H9F3N2. The minimum atomic E-state index is -4.43. The maximum absolute atomic E-state index is 12.2. The van der Waals surface area contributed by atoms with Gasteiger partial charge in [-0.1, -0.05) is 18.2 Å². The first-order valence-corrected chi connectivity index (χ1v) is 4.25. The molecule has 0 bridgehead atoms. The van der Waals surface area contributed by atoms with Crippen LogP contribution in [-0.4, -0.2) is 12.2 Å². The Morgan fingerprint density at radius 3 is 2.47 bits per heavy atom. The molecule has 0 aliphatic rings. The number of hydrogen-bond acceptors (Lipinski definition) is 2. The first kappa shape index (κ1) is 11.5. The fourth-order valence-corrected chi connectivity index (χ4v) is 1.16. The van der Waals surface area contributed by atoms with Crippen molar-refractivity contribution in [3.8, 4) is 6.07 Å². The highest BCUT2D eigenvalue weighted by Crippen LogP contribution is 2.22. The molecule has 2 nitrogen and oxygen atoms in total. The minimum absolute atomic E-state index is 0.234. The normalized spacial score (nSPS) is 13.3. The monoisotopic (exact) mass is 214 g/mol. The lowest BCUT2D eigenvalue weighted by Gasteiger charge is -2.15. The molecule has 0 aromatic heterocycles. The van der Waals surface area contributed by atoms with Crippen LogP contribution in [0.3, 0.4) is 0 Å². The van der Waals surface area contributed by atoms with Crippen LogP contribution in [0.4, 0.5) is 13.2 Å². The molecule has 1 aromatic rings. The summed E-state index contributed by atoms with van der Waals surface area (Å²) in [6.45, 7) is 0. The van der Waals surface area contributed by atoms with Gasteiger partial charge in [0.1, 0.15) is 6.04 Å². The highest BCUT2D eigenvalue weighted by atomic mass is 19.4. The van der Waals surface area contributed by atoms with Crippen molar-refractivity contribution in [1.82, 2.24) is 0 Å². The van der Waals surface area contributed by atoms with Gasteiger partial charge in [-0.2, -0.15) is 18.4 Å². The van der Waals surface area contributed by atoms with Crippen molar-refractivity contribution >= 4 is 0 Å². The van der Waals surface area contributed by atoms with Gasteiger partial charge < -0.3 is 5.73 Å². The quantitative estimate of drug-likeness (QED) is 0.818. The van der Waals surface area contributed by atoms with Crippen molar-refractivity contribution in [3.05, 3.63) is 35.4 Å². The molecule has 15 heavy (non-hydrogen) atoms. The van der Waals surface area contributed by atoms with Crippen molar-refractivity contribution in [3.63, 3.8) is 0 Å². The van der Waals surface area contributed by atoms with Gasteiger partial charge in [-0.15, -0.1) is 0 Å². The van der Waals surface area contributed by atoms with E-state index in [1.807, 2.05) is 6.07 Å². The number of alkyl halides is 3. The highest BCUT2D eigenvalue weighted by Gasteiger charge is 2.36. The van der Waals surface area contributed by atoms with E-state index in [0.29, 0.717) is 5.56 Å². The van der Waals surface area contributed by atoms with Crippen molar-refractivity contribution in [2.45, 2.75) is 18.6 Å². The van der Waals surface area contributed by atoms with E-state index in [2.05, 4.69) is 0 Å². The molecule has 0 unspecified atom stereocenters. The molecule has 0 aliphatic heterocycles. The van der Waals surface area contributed by atoms with Crippen LogP contribution in [0, 0.1) is 11.3 Å². The summed E-state index contributed by atoms with van der Waals surface area (Å²) in [4.78, 5) is 0. The largest absolute Gasteiger partial charge is 0.403 e. The van der Waals surface area contributed by atoms with Crippen LogP contribution in [-0.2, 0) is 6.42 Å². The lowest BCUT2D eigenvalue weighted by Crippen LogP contribution is -2.39. The van der Waals surface area contributed by atoms with Crippen LogP contribution in [0.1, 0.15) is 11.1 Å². The third kappa shape index (κ3) is 2.96. The number of rotatable bonds is 2. The molecule has 0 amide bonds. The Morgan fingerprint density at radius 2 is 1.93 bits per heavy atom. The maximum Gasteiger partial charge on any atom is 0.403 e. The Balaban J connectivity index is 2.86. The SMILES string of the molecule is N#Cc1ccccc1C[C@H](N)C(F)(F)F. The van der Waals surface area contributed by atoms with Gasteiger partial charge in [0.25, 0.3) is 0 Å². The van der Waals surface area contributed by atoms with Gasteiger partial charge in [0.05, 0.1) is 11.6 Å². The molecule has 1 rings (SSSR count). The van der Waals surface area contributed by atoms with E-state index < -0.39 is 12.2 Å². The van der Waals surface area contributed by atoms with E-state index in [9.17, 15) is 13.2 Å². The van der Waals surface area contributed by atoms with Crippen molar-refractivity contribution < 1.29 is 13.2 Å². The molecule has 0 saturated carbocycles. The maximum atomic E-state index is 12.2. The lowest BCUT2D eigenvalue weighted by atomic mass is 10.0. The number of benzene rings is 1. The van der Waals surface area contributed by atoms with Crippen LogP contribution in [0.25, 0.3) is 0 Å². The predicted octanol–water partition coefficient (Wildman–Crippen LogP) is 1.99. The van der Waals surface area contributed by atoms with Gasteiger partial charge in [0.15, 0.2) is 0 Å². The average molecular weight is 214 g/mol. The predicted molar refractivity (Wildman–Crippen MR) is 48.9 cm³/mol. The number of nitrogens with two attached hydrogens (primary N) is 1. The van der Waals surface area contributed by atoms with Crippen molar-refractivity contribution in [1.29, 1.82) is 5.26 Å². The molecule has 2 N–H and O–H groups in total. The lowest BCUT2D eigenvalue weighted by molar-refractivity contribution is -0.147. The second-order valence-electron chi connectivity index (χ2n) is 3.12. The van der Waals surface area contributed by atoms with Crippen molar-refractivity contribution in [2.24, 2.45) is 5.73 Å². The molecular weight excluding hydrogens is 205 g/mol. The average Bonchev–Trinajstić information content (AvgIpc) is 2.17. The highest BCUT2D eigenvalue weighted by molar-refractivity contribution is 5.37. The Hall–Kier alpha value is -1.54. The second-order valence-corrected chi connectivity index (χ2v) is 3.12. The summed E-state index contributed by atoms with van der Waals surface area (Å²) in [7, 11) is 0. The van der Waals surface area contributed by atoms with Gasteiger partial charge in [-0.3, -0.25) is 0 Å². The number of halogens is 3. The molecule has 0 heterocycles. The summed E-state index contributed by atoms with van der Waals surface area (Å²) < 4.78 is 36.5. The van der Waals surface area contributed by atoms with Crippen LogP contribution in [0.5, 0.6) is 0 Å². The summed E-state index contributed by atoms with van der Waals surface area (Å²) in [6.07, 6.45) is -4.80. The third-order valence-electron chi connectivity index (χ3n) is 2.00.